The average Bonchev–Trinajstić information content (AvgIpc) is 2.28. The van der Waals surface area contributed by atoms with Crippen molar-refractivity contribution in [3.05, 3.63) is 28.4 Å². The molecular formula is C11H15N3O3. The Morgan fingerprint density at radius 1 is 1.47 bits per heavy atom. The molecule has 2 rings (SSSR count). The lowest BCUT2D eigenvalue weighted by Gasteiger charge is -2.35. The van der Waals surface area contributed by atoms with Gasteiger partial charge in [-0.05, 0) is 13.8 Å². The highest BCUT2D eigenvalue weighted by atomic mass is 16.6. The summed E-state index contributed by atoms with van der Waals surface area (Å²) in [6.07, 6.45) is 1.69. The molecule has 0 amide bonds. The quantitative estimate of drug-likeness (QED) is 0.577. The van der Waals surface area contributed by atoms with Gasteiger partial charge in [0.2, 0.25) is 0 Å². The van der Waals surface area contributed by atoms with Gasteiger partial charge in [0.05, 0.1) is 23.2 Å². The zero-order valence-electron chi connectivity index (χ0n) is 9.87. The van der Waals surface area contributed by atoms with E-state index in [1.807, 2.05) is 18.7 Å². The predicted molar refractivity (Wildman–Crippen MR) is 63.1 cm³/mol. The summed E-state index contributed by atoms with van der Waals surface area (Å²) in [6.45, 7) is 5.39. The molecule has 92 valence electrons. The Kier molecular flexibility index (Phi) is 3.23. The highest BCUT2D eigenvalue weighted by Gasteiger charge is 2.24. The van der Waals surface area contributed by atoms with Crippen LogP contribution in [0.1, 0.15) is 13.8 Å². The summed E-state index contributed by atoms with van der Waals surface area (Å²) >= 11 is 0. The van der Waals surface area contributed by atoms with Crippen LogP contribution in [0, 0.1) is 10.1 Å². The molecule has 0 bridgehead atoms. The van der Waals surface area contributed by atoms with E-state index in [9.17, 15) is 10.1 Å². The molecule has 1 fully saturated rings. The fraction of sp³-hybridized carbons (Fsp3) is 0.545. The minimum atomic E-state index is -0.404. The number of nitrogens with zero attached hydrogens (tertiary/aromatic N) is 3. The van der Waals surface area contributed by atoms with Gasteiger partial charge >= 0.3 is 0 Å². The molecule has 0 unspecified atom stereocenters. The predicted octanol–water partition coefficient (Wildman–Crippen LogP) is 1.60. The largest absolute Gasteiger partial charge is 0.372 e. The number of ether oxygens (including phenoxy) is 1. The van der Waals surface area contributed by atoms with E-state index >= 15 is 0 Å². The normalized spacial score (nSPS) is 24.7. The number of hydrogen-bond donors (Lipinski definition) is 0. The minimum absolute atomic E-state index is 0.0711. The Morgan fingerprint density at radius 3 is 2.71 bits per heavy atom. The molecule has 6 nitrogen and oxygen atoms in total. The summed E-state index contributed by atoms with van der Waals surface area (Å²) in [7, 11) is 0. The molecule has 2 atom stereocenters. The summed E-state index contributed by atoms with van der Waals surface area (Å²) in [6, 6.07) is 2.90. The van der Waals surface area contributed by atoms with E-state index < -0.39 is 4.92 Å². The molecule has 1 aliphatic heterocycles. The van der Waals surface area contributed by atoms with Crippen molar-refractivity contribution in [1.29, 1.82) is 0 Å². The smallest absolute Gasteiger partial charge is 0.274 e. The third kappa shape index (κ3) is 2.71. The molecule has 17 heavy (non-hydrogen) atoms. The summed E-state index contributed by atoms with van der Waals surface area (Å²) in [5, 5.41) is 10.7. The van der Waals surface area contributed by atoms with Crippen LogP contribution in [0.2, 0.25) is 0 Å². The fourth-order valence-electron chi connectivity index (χ4n) is 2.06. The second kappa shape index (κ2) is 4.67. The summed E-state index contributed by atoms with van der Waals surface area (Å²) in [5.41, 5.74) is 0.0711. The van der Waals surface area contributed by atoms with Crippen LogP contribution in [-0.4, -0.2) is 35.2 Å². The lowest BCUT2D eigenvalue weighted by molar-refractivity contribution is -0.384. The zero-order valence-corrected chi connectivity index (χ0v) is 9.87. The molecule has 0 radical (unpaired) electrons. The highest BCUT2D eigenvalue weighted by Crippen LogP contribution is 2.21. The van der Waals surface area contributed by atoms with Gasteiger partial charge in [-0.3, -0.25) is 10.1 Å². The number of rotatable bonds is 2. The Labute approximate surface area is 99.4 Å². The molecule has 0 aliphatic carbocycles. The van der Waals surface area contributed by atoms with Gasteiger partial charge < -0.3 is 9.64 Å². The number of anilines is 1. The van der Waals surface area contributed by atoms with Crippen LogP contribution in [0.3, 0.4) is 0 Å². The maximum atomic E-state index is 10.7. The molecular weight excluding hydrogens is 222 g/mol. The maximum absolute atomic E-state index is 10.7. The molecule has 1 aromatic heterocycles. The van der Waals surface area contributed by atoms with Gasteiger partial charge in [-0.1, -0.05) is 0 Å². The van der Waals surface area contributed by atoms with Gasteiger partial charge in [0.25, 0.3) is 5.69 Å². The van der Waals surface area contributed by atoms with E-state index in [1.54, 1.807) is 0 Å². The first kappa shape index (κ1) is 11.8. The van der Waals surface area contributed by atoms with Crippen molar-refractivity contribution < 1.29 is 9.66 Å². The average molecular weight is 237 g/mol. The second-order valence-corrected chi connectivity index (χ2v) is 4.29. The van der Waals surface area contributed by atoms with Crippen molar-refractivity contribution in [3.8, 4) is 0 Å². The van der Waals surface area contributed by atoms with Gasteiger partial charge in [0, 0.05) is 25.4 Å². The third-order valence-corrected chi connectivity index (χ3v) is 2.68. The van der Waals surface area contributed by atoms with Crippen LogP contribution >= 0.6 is 0 Å². The Hall–Kier alpha value is -1.69. The van der Waals surface area contributed by atoms with Gasteiger partial charge in [-0.2, -0.15) is 0 Å². The summed E-state index contributed by atoms with van der Waals surface area (Å²) in [5.74, 6) is 0.640. The first-order valence-corrected chi connectivity index (χ1v) is 5.57. The number of nitro groups is 1. The van der Waals surface area contributed by atoms with Gasteiger partial charge in [-0.15, -0.1) is 0 Å². The molecule has 1 saturated heterocycles. The van der Waals surface area contributed by atoms with Crippen molar-refractivity contribution in [1.82, 2.24) is 4.98 Å². The molecule has 0 saturated carbocycles. The van der Waals surface area contributed by atoms with Crippen LogP contribution in [-0.2, 0) is 4.74 Å². The van der Waals surface area contributed by atoms with E-state index in [-0.39, 0.29) is 17.9 Å². The molecule has 0 aromatic carbocycles. The first-order chi connectivity index (χ1) is 8.06. The monoisotopic (exact) mass is 237 g/mol. The molecule has 1 aliphatic rings. The molecule has 0 spiro atoms. The van der Waals surface area contributed by atoms with Crippen LogP contribution < -0.4 is 4.90 Å². The highest BCUT2D eigenvalue weighted by molar-refractivity contribution is 5.47. The van der Waals surface area contributed by atoms with Crippen molar-refractivity contribution in [3.63, 3.8) is 0 Å². The van der Waals surface area contributed by atoms with Gasteiger partial charge in [0.15, 0.2) is 0 Å². The maximum Gasteiger partial charge on any atom is 0.274 e. The van der Waals surface area contributed by atoms with E-state index in [1.165, 1.54) is 18.3 Å². The summed E-state index contributed by atoms with van der Waals surface area (Å²) in [4.78, 5) is 16.5. The molecule has 0 N–H and O–H groups in total. The van der Waals surface area contributed by atoms with Gasteiger partial charge in [-0.25, -0.2) is 4.98 Å². The van der Waals surface area contributed by atoms with Gasteiger partial charge in [0.1, 0.15) is 5.82 Å². The van der Waals surface area contributed by atoms with Crippen LogP contribution in [0.25, 0.3) is 0 Å². The number of hydrogen-bond acceptors (Lipinski definition) is 5. The number of aromatic nitrogens is 1. The fourth-order valence-corrected chi connectivity index (χ4v) is 2.06. The van der Waals surface area contributed by atoms with E-state index in [0.717, 1.165) is 0 Å². The minimum Gasteiger partial charge on any atom is -0.372 e. The van der Waals surface area contributed by atoms with Crippen molar-refractivity contribution >= 4 is 11.5 Å². The topological polar surface area (TPSA) is 68.5 Å². The van der Waals surface area contributed by atoms with Crippen molar-refractivity contribution in [2.45, 2.75) is 26.1 Å². The Balaban J connectivity index is 2.21. The Morgan fingerprint density at radius 2 is 2.12 bits per heavy atom. The van der Waals surface area contributed by atoms with Crippen molar-refractivity contribution in [2.24, 2.45) is 0 Å². The molecule has 6 heteroatoms. The lowest BCUT2D eigenvalue weighted by atomic mass is 10.2. The van der Waals surface area contributed by atoms with E-state index in [0.29, 0.717) is 18.9 Å². The molecule has 1 aromatic rings. The summed E-state index contributed by atoms with van der Waals surface area (Å²) < 4.78 is 5.61. The first-order valence-electron chi connectivity index (χ1n) is 5.57. The lowest BCUT2D eigenvalue weighted by Crippen LogP contribution is -2.45. The van der Waals surface area contributed by atoms with Crippen LogP contribution in [0.4, 0.5) is 11.5 Å². The van der Waals surface area contributed by atoms with Crippen LogP contribution in [0.15, 0.2) is 18.3 Å². The van der Waals surface area contributed by atoms with E-state index in [4.69, 9.17) is 4.74 Å². The zero-order chi connectivity index (χ0) is 12.4. The number of morpholine rings is 1. The SMILES string of the molecule is C[C@@H]1CN(c2cc([N+](=O)[O-])ccn2)C[C@H](C)O1. The van der Waals surface area contributed by atoms with E-state index in [2.05, 4.69) is 4.98 Å². The number of pyridine rings is 1. The Bertz CT molecular complexity index is 414. The standard InChI is InChI=1S/C11H15N3O3/c1-8-6-13(7-9(2)17-8)11-5-10(14(15)16)3-4-12-11/h3-5,8-9H,6-7H2,1-2H3/t8-,9+. The third-order valence-electron chi connectivity index (χ3n) is 2.68. The molecule has 2 heterocycles. The van der Waals surface area contributed by atoms with Crippen LogP contribution in [0.5, 0.6) is 0 Å². The second-order valence-electron chi connectivity index (χ2n) is 4.29. The van der Waals surface area contributed by atoms with Crippen molar-refractivity contribution in [2.75, 3.05) is 18.0 Å².